The lowest BCUT2D eigenvalue weighted by Crippen LogP contribution is -2.44. The molecule has 0 N–H and O–H groups in total. The maximum atomic E-state index is 8.94. The summed E-state index contributed by atoms with van der Waals surface area (Å²) in [6.07, 6.45) is 4.75. The zero-order valence-corrected chi connectivity index (χ0v) is 14.0. The second-order valence-corrected chi connectivity index (χ2v) is 6.72. The summed E-state index contributed by atoms with van der Waals surface area (Å²) in [5, 5.41) is 8.94. The van der Waals surface area contributed by atoms with Crippen LogP contribution in [0.2, 0.25) is 0 Å². The van der Waals surface area contributed by atoms with Crippen molar-refractivity contribution >= 4 is 0 Å². The van der Waals surface area contributed by atoms with Gasteiger partial charge >= 0.3 is 0 Å². The third-order valence-corrected chi connectivity index (χ3v) is 5.29. The van der Waals surface area contributed by atoms with E-state index in [0.29, 0.717) is 38.3 Å². The van der Waals surface area contributed by atoms with Gasteiger partial charge in [-0.25, -0.2) is 0 Å². The molecule has 22 heavy (non-hydrogen) atoms. The van der Waals surface area contributed by atoms with E-state index < -0.39 is 0 Å². The van der Waals surface area contributed by atoms with Gasteiger partial charge in [-0.2, -0.15) is 5.26 Å². The highest BCUT2D eigenvalue weighted by molar-refractivity contribution is 5.00. The summed E-state index contributed by atoms with van der Waals surface area (Å²) in [6.45, 7) is 5.98. The molecule has 0 bridgehead atoms. The fourth-order valence-corrected chi connectivity index (χ4v) is 4.06. The number of nitriles is 1. The number of ether oxygens (including phenoxy) is 4. The third-order valence-electron chi connectivity index (χ3n) is 5.29. The molecule has 1 heterocycles. The van der Waals surface area contributed by atoms with Crippen LogP contribution in [0.15, 0.2) is 0 Å². The Balaban J connectivity index is 2.04. The van der Waals surface area contributed by atoms with Crippen molar-refractivity contribution < 1.29 is 18.9 Å². The van der Waals surface area contributed by atoms with E-state index in [-0.39, 0.29) is 17.8 Å². The molecule has 0 spiro atoms. The zero-order chi connectivity index (χ0) is 16.0. The van der Waals surface area contributed by atoms with Crippen molar-refractivity contribution in [2.24, 2.45) is 17.3 Å². The van der Waals surface area contributed by atoms with Crippen LogP contribution in [0.25, 0.3) is 0 Å². The summed E-state index contributed by atoms with van der Waals surface area (Å²) in [6, 6.07) is 2.30. The fourth-order valence-electron chi connectivity index (χ4n) is 4.06. The molecule has 1 saturated carbocycles. The van der Waals surface area contributed by atoms with Gasteiger partial charge in [-0.1, -0.05) is 6.92 Å². The first-order valence-electron chi connectivity index (χ1n) is 8.35. The van der Waals surface area contributed by atoms with Crippen molar-refractivity contribution in [2.75, 3.05) is 27.1 Å². The molecule has 1 saturated heterocycles. The Kier molecular flexibility index (Phi) is 6.64. The Morgan fingerprint density at radius 1 is 1.41 bits per heavy atom. The summed E-state index contributed by atoms with van der Waals surface area (Å²) in [5.41, 5.74) is 0.171. The summed E-state index contributed by atoms with van der Waals surface area (Å²) in [5.74, 6) is 0.836. The lowest BCUT2D eigenvalue weighted by Gasteiger charge is -2.45. The lowest BCUT2D eigenvalue weighted by molar-refractivity contribution is -0.162. The van der Waals surface area contributed by atoms with Crippen molar-refractivity contribution in [3.05, 3.63) is 0 Å². The summed E-state index contributed by atoms with van der Waals surface area (Å²) in [7, 11) is 1.64. The third kappa shape index (κ3) is 3.99. The molecule has 5 heteroatoms. The largest absolute Gasteiger partial charge is 0.359 e. The van der Waals surface area contributed by atoms with Crippen LogP contribution in [-0.4, -0.2) is 39.5 Å². The fraction of sp³-hybridized carbons (Fsp3) is 0.941. The normalized spacial score (nSPS) is 37.7. The van der Waals surface area contributed by atoms with Crippen LogP contribution in [0, 0.1) is 28.6 Å². The number of hydrogen-bond acceptors (Lipinski definition) is 5. The predicted octanol–water partition coefficient (Wildman–Crippen LogP) is 3.09. The minimum absolute atomic E-state index is 0.107. The number of methoxy groups -OCH3 is 1. The van der Waals surface area contributed by atoms with Gasteiger partial charge in [0.2, 0.25) is 0 Å². The summed E-state index contributed by atoms with van der Waals surface area (Å²) in [4.78, 5) is 0. The van der Waals surface area contributed by atoms with Gasteiger partial charge in [0.15, 0.2) is 6.29 Å². The van der Waals surface area contributed by atoms with E-state index >= 15 is 0 Å². The van der Waals surface area contributed by atoms with Crippen LogP contribution in [0.4, 0.5) is 0 Å². The van der Waals surface area contributed by atoms with Crippen LogP contribution < -0.4 is 0 Å². The average molecular weight is 311 g/mol. The lowest BCUT2D eigenvalue weighted by atomic mass is 9.61. The molecular weight excluding hydrogens is 282 g/mol. The molecule has 0 aromatic heterocycles. The summed E-state index contributed by atoms with van der Waals surface area (Å²) < 4.78 is 22.5. The van der Waals surface area contributed by atoms with Gasteiger partial charge in [-0.15, -0.1) is 0 Å². The summed E-state index contributed by atoms with van der Waals surface area (Å²) >= 11 is 0. The molecule has 1 aliphatic carbocycles. The molecule has 5 atom stereocenters. The minimum atomic E-state index is -0.107. The SMILES string of the molecule is CCOC1C[C@H]2[C@@H](O1)[C@@H](COCOC)CC[C@@]2(C)CCC#N. The van der Waals surface area contributed by atoms with Crippen molar-refractivity contribution in [3.63, 3.8) is 0 Å². The number of hydrogen-bond donors (Lipinski definition) is 0. The van der Waals surface area contributed by atoms with Gasteiger partial charge < -0.3 is 18.9 Å². The Morgan fingerprint density at radius 2 is 2.23 bits per heavy atom. The van der Waals surface area contributed by atoms with Crippen LogP contribution >= 0.6 is 0 Å². The minimum Gasteiger partial charge on any atom is -0.359 e. The maximum Gasteiger partial charge on any atom is 0.158 e. The number of fused-ring (bicyclic) bond motifs is 1. The molecule has 2 aliphatic rings. The van der Waals surface area contributed by atoms with Crippen molar-refractivity contribution in [3.8, 4) is 6.07 Å². The van der Waals surface area contributed by atoms with E-state index in [1.54, 1.807) is 7.11 Å². The molecule has 0 radical (unpaired) electrons. The quantitative estimate of drug-likeness (QED) is 0.509. The number of rotatable bonds is 8. The van der Waals surface area contributed by atoms with Crippen LogP contribution in [0.5, 0.6) is 0 Å². The smallest absolute Gasteiger partial charge is 0.158 e. The van der Waals surface area contributed by atoms with E-state index in [2.05, 4.69) is 13.0 Å². The molecule has 0 amide bonds. The molecular formula is C17H29NO4. The van der Waals surface area contributed by atoms with Crippen molar-refractivity contribution in [1.29, 1.82) is 5.26 Å². The molecule has 2 rings (SSSR count). The maximum absolute atomic E-state index is 8.94. The van der Waals surface area contributed by atoms with E-state index in [0.717, 1.165) is 25.7 Å². The first-order valence-corrected chi connectivity index (χ1v) is 8.35. The Morgan fingerprint density at radius 3 is 2.91 bits per heavy atom. The highest BCUT2D eigenvalue weighted by atomic mass is 16.7. The molecule has 1 aliphatic heterocycles. The molecule has 0 aromatic rings. The highest BCUT2D eigenvalue weighted by Crippen LogP contribution is 2.53. The molecule has 5 nitrogen and oxygen atoms in total. The Bertz CT molecular complexity index is 383. The van der Waals surface area contributed by atoms with Gasteiger partial charge in [0.05, 0.1) is 18.8 Å². The van der Waals surface area contributed by atoms with Crippen molar-refractivity contribution in [1.82, 2.24) is 0 Å². The van der Waals surface area contributed by atoms with Gasteiger partial charge in [0.25, 0.3) is 0 Å². The van der Waals surface area contributed by atoms with Crippen molar-refractivity contribution in [2.45, 2.75) is 58.3 Å². The first-order chi connectivity index (χ1) is 10.6. The average Bonchev–Trinajstić information content (AvgIpc) is 2.94. The predicted molar refractivity (Wildman–Crippen MR) is 81.9 cm³/mol. The van der Waals surface area contributed by atoms with Crippen LogP contribution in [0.3, 0.4) is 0 Å². The molecule has 1 unspecified atom stereocenters. The number of nitrogens with zero attached hydrogens (tertiary/aromatic N) is 1. The van der Waals surface area contributed by atoms with E-state index in [1.807, 2.05) is 6.92 Å². The first kappa shape index (κ1) is 17.7. The molecule has 126 valence electrons. The van der Waals surface area contributed by atoms with Gasteiger partial charge in [0.1, 0.15) is 6.79 Å². The van der Waals surface area contributed by atoms with E-state index in [1.165, 1.54) is 0 Å². The second kappa shape index (κ2) is 8.26. The van der Waals surface area contributed by atoms with Crippen LogP contribution in [-0.2, 0) is 18.9 Å². The molecule has 0 aromatic carbocycles. The standard InChI is InChI=1S/C17H29NO4/c1-4-21-15-10-14-16(22-15)13(11-20-12-19-3)6-8-17(14,2)7-5-9-18/h13-16H,4-8,10-12H2,1-3H3/t13-,14+,15?,16+,17-/m1/s1. The second-order valence-electron chi connectivity index (χ2n) is 6.72. The van der Waals surface area contributed by atoms with Crippen LogP contribution in [0.1, 0.15) is 46.0 Å². The monoisotopic (exact) mass is 311 g/mol. The van der Waals surface area contributed by atoms with Gasteiger partial charge in [0, 0.05) is 32.5 Å². The Labute approximate surface area is 133 Å². The van der Waals surface area contributed by atoms with E-state index in [9.17, 15) is 0 Å². The molecule has 2 fully saturated rings. The van der Waals surface area contributed by atoms with E-state index in [4.69, 9.17) is 24.2 Å². The zero-order valence-electron chi connectivity index (χ0n) is 14.0. The highest BCUT2D eigenvalue weighted by Gasteiger charge is 2.52. The topological polar surface area (TPSA) is 60.7 Å². The van der Waals surface area contributed by atoms with Gasteiger partial charge in [-0.3, -0.25) is 0 Å². The van der Waals surface area contributed by atoms with Gasteiger partial charge in [-0.05, 0) is 37.5 Å². The Hall–Kier alpha value is -0.670.